The van der Waals surface area contributed by atoms with Gasteiger partial charge in [-0.05, 0) is 59.7 Å². The van der Waals surface area contributed by atoms with Gasteiger partial charge in [-0.25, -0.2) is 17.2 Å². The van der Waals surface area contributed by atoms with E-state index in [-0.39, 0.29) is 22.6 Å². The monoisotopic (exact) mass is 498 g/mol. The third kappa shape index (κ3) is 5.97. The number of halogens is 5. The van der Waals surface area contributed by atoms with Crippen molar-refractivity contribution in [1.82, 2.24) is 9.62 Å². The highest BCUT2D eigenvalue weighted by molar-refractivity contribution is 7.89. The Labute approximate surface area is 192 Å². The van der Waals surface area contributed by atoms with E-state index in [1.807, 2.05) is 0 Å². The first-order valence-corrected chi connectivity index (χ1v) is 11.3. The largest absolute Gasteiger partial charge is 0.416 e. The number of carbonyl (C=O) groups is 1. The number of sulfonamides is 1. The molecule has 0 unspecified atom stereocenters. The van der Waals surface area contributed by atoms with Crippen LogP contribution < -0.4 is 5.32 Å². The predicted octanol–water partition coefficient (Wildman–Crippen LogP) is 4.59. The SMILES string of the molecule is CN(CC(=O)NCc1ccc(F)c(-c2ccc(C(F)(F)F)cc2)c1)S(=O)(=O)c1ccc(F)cc1. The lowest BCUT2D eigenvalue weighted by atomic mass is 10.0. The molecule has 0 aliphatic carbocycles. The molecule has 0 aromatic heterocycles. The Kier molecular flexibility index (Phi) is 7.37. The summed E-state index contributed by atoms with van der Waals surface area (Å²) in [5, 5.41) is 2.51. The molecule has 0 heterocycles. The first-order valence-electron chi connectivity index (χ1n) is 9.82. The van der Waals surface area contributed by atoms with E-state index in [1.165, 1.54) is 19.2 Å². The van der Waals surface area contributed by atoms with Crippen LogP contribution in [0.4, 0.5) is 22.0 Å². The third-order valence-corrected chi connectivity index (χ3v) is 6.75. The van der Waals surface area contributed by atoms with E-state index >= 15 is 0 Å². The van der Waals surface area contributed by atoms with Gasteiger partial charge in [-0.3, -0.25) is 4.79 Å². The Morgan fingerprint density at radius 2 is 1.56 bits per heavy atom. The van der Waals surface area contributed by atoms with Crippen LogP contribution in [0.1, 0.15) is 11.1 Å². The number of hydrogen-bond acceptors (Lipinski definition) is 3. The Morgan fingerprint density at radius 1 is 0.941 bits per heavy atom. The van der Waals surface area contributed by atoms with E-state index in [4.69, 9.17) is 0 Å². The van der Waals surface area contributed by atoms with Crippen LogP contribution in [0.25, 0.3) is 11.1 Å². The molecule has 0 radical (unpaired) electrons. The highest BCUT2D eigenvalue weighted by Gasteiger charge is 2.30. The molecule has 1 amide bonds. The van der Waals surface area contributed by atoms with Gasteiger partial charge in [-0.1, -0.05) is 18.2 Å². The fourth-order valence-corrected chi connectivity index (χ4v) is 4.20. The zero-order valence-corrected chi connectivity index (χ0v) is 18.6. The van der Waals surface area contributed by atoms with E-state index < -0.39 is 45.8 Å². The summed E-state index contributed by atoms with van der Waals surface area (Å²) in [5.41, 5.74) is -0.131. The number of likely N-dealkylation sites (N-methyl/N-ethyl adjacent to an activating group) is 1. The molecular weight excluding hydrogens is 479 g/mol. The molecule has 0 saturated carbocycles. The second kappa shape index (κ2) is 9.90. The lowest BCUT2D eigenvalue weighted by Crippen LogP contribution is -2.38. The summed E-state index contributed by atoms with van der Waals surface area (Å²) in [6, 6.07) is 12.0. The summed E-state index contributed by atoms with van der Waals surface area (Å²) in [5.74, 6) is -1.90. The van der Waals surface area contributed by atoms with Gasteiger partial charge in [0.25, 0.3) is 0 Å². The van der Waals surface area contributed by atoms with E-state index in [0.29, 0.717) is 5.56 Å². The smallest absolute Gasteiger partial charge is 0.351 e. The standard InChI is InChI=1S/C23H19F5N2O3S/c1-30(34(32,33)19-9-7-18(24)8-10-19)14-22(31)29-13-15-2-11-21(25)20(12-15)16-3-5-17(6-4-16)23(26,27)28/h2-12H,13-14H2,1H3,(H,29,31). The van der Waals surface area contributed by atoms with Crippen LogP contribution in [-0.2, 0) is 27.5 Å². The average Bonchev–Trinajstić information content (AvgIpc) is 2.78. The second-order valence-electron chi connectivity index (χ2n) is 7.38. The highest BCUT2D eigenvalue weighted by atomic mass is 32.2. The molecule has 3 aromatic rings. The van der Waals surface area contributed by atoms with Gasteiger partial charge in [-0.2, -0.15) is 17.5 Å². The summed E-state index contributed by atoms with van der Waals surface area (Å²) in [6.07, 6.45) is -4.51. The average molecular weight is 498 g/mol. The number of benzene rings is 3. The van der Waals surface area contributed by atoms with E-state index in [0.717, 1.165) is 58.9 Å². The van der Waals surface area contributed by atoms with Gasteiger partial charge in [0, 0.05) is 19.2 Å². The van der Waals surface area contributed by atoms with Gasteiger partial charge in [0.05, 0.1) is 17.0 Å². The molecule has 11 heteroatoms. The van der Waals surface area contributed by atoms with E-state index in [2.05, 4.69) is 5.32 Å². The zero-order chi connectivity index (χ0) is 25.1. The maximum atomic E-state index is 14.3. The molecule has 5 nitrogen and oxygen atoms in total. The Bertz CT molecular complexity index is 1280. The molecule has 0 spiro atoms. The van der Waals surface area contributed by atoms with Crippen LogP contribution >= 0.6 is 0 Å². The van der Waals surface area contributed by atoms with Crippen molar-refractivity contribution in [2.24, 2.45) is 0 Å². The Balaban J connectivity index is 1.66. The maximum Gasteiger partial charge on any atom is 0.416 e. The van der Waals surface area contributed by atoms with E-state index in [9.17, 15) is 35.2 Å². The molecule has 3 rings (SSSR count). The van der Waals surface area contributed by atoms with Crippen LogP contribution in [0.3, 0.4) is 0 Å². The topological polar surface area (TPSA) is 66.5 Å². The number of hydrogen-bond donors (Lipinski definition) is 1. The van der Waals surface area contributed by atoms with Gasteiger partial charge in [0.2, 0.25) is 15.9 Å². The minimum Gasteiger partial charge on any atom is -0.351 e. The molecular formula is C23H19F5N2O3S. The van der Waals surface area contributed by atoms with Gasteiger partial charge in [0.15, 0.2) is 0 Å². The molecule has 0 aliphatic rings. The molecule has 180 valence electrons. The Hall–Kier alpha value is -3.31. The van der Waals surface area contributed by atoms with Crippen molar-refractivity contribution >= 4 is 15.9 Å². The molecule has 0 saturated heterocycles. The first kappa shape index (κ1) is 25.3. The van der Waals surface area contributed by atoms with Gasteiger partial charge < -0.3 is 5.32 Å². The summed E-state index contributed by atoms with van der Waals surface area (Å²) in [4.78, 5) is 12.1. The number of rotatable bonds is 7. The molecule has 0 bridgehead atoms. The van der Waals surface area contributed by atoms with Crippen LogP contribution in [-0.4, -0.2) is 32.2 Å². The summed E-state index contributed by atoms with van der Waals surface area (Å²) in [6.45, 7) is -0.593. The molecule has 1 N–H and O–H groups in total. The van der Waals surface area contributed by atoms with Crippen molar-refractivity contribution in [3.63, 3.8) is 0 Å². The number of alkyl halides is 3. The van der Waals surface area contributed by atoms with Gasteiger partial charge in [0.1, 0.15) is 11.6 Å². The first-order chi connectivity index (χ1) is 15.9. The van der Waals surface area contributed by atoms with Gasteiger partial charge in [-0.15, -0.1) is 0 Å². The third-order valence-electron chi connectivity index (χ3n) is 4.93. The predicted molar refractivity (Wildman–Crippen MR) is 115 cm³/mol. The molecule has 0 aliphatic heterocycles. The number of nitrogens with zero attached hydrogens (tertiary/aromatic N) is 1. The Morgan fingerprint density at radius 3 is 2.15 bits per heavy atom. The summed E-state index contributed by atoms with van der Waals surface area (Å²) in [7, 11) is -2.83. The van der Waals surface area contributed by atoms with Crippen molar-refractivity contribution in [3.8, 4) is 11.1 Å². The number of carbonyl (C=O) groups excluding carboxylic acids is 1. The molecule has 0 atom stereocenters. The number of amides is 1. The zero-order valence-electron chi connectivity index (χ0n) is 17.7. The minimum atomic E-state index is -4.51. The van der Waals surface area contributed by atoms with Crippen LogP contribution in [0.15, 0.2) is 71.6 Å². The van der Waals surface area contributed by atoms with Crippen LogP contribution in [0, 0.1) is 11.6 Å². The molecule has 34 heavy (non-hydrogen) atoms. The van der Waals surface area contributed by atoms with Crippen molar-refractivity contribution in [3.05, 3.63) is 89.5 Å². The van der Waals surface area contributed by atoms with Crippen molar-refractivity contribution < 1.29 is 35.2 Å². The second-order valence-corrected chi connectivity index (χ2v) is 9.43. The number of nitrogens with one attached hydrogen (secondary N) is 1. The normalized spacial score (nSPS) is 12.1. The minimum absolute atomic E-state index is 0.0523. The maximum absolute atomic E-state index is 14.3. The van der Waals surface area contributed by atoms with Crippen molar-refractivity contribution in [1.29, 1.82) is 0 Å². The van der Waals surface area contributed by atoms with Crippen LogP contribution in [0.2, 0.25) is 0 Å². The fourth-order valence-electron chi connectivity index (χ4n) is 3.07. The molecule has 3 aromatic carbocycles. The van der Waals surface area contributed by atoms with E-state index in [1.54, 1.807) is 0 Å². The quantitative estimate of drug-likeness (QED) is 0.485. The summed E-state index contributed by atoms with van der Waals surface area (Å²) < 4.78 is 91.3. The van der Waals surface area contributed by atoms with Gasteiger partial charge >= 0.3 is 6.18 Å². The highest BCUT2D eigenvalue weighted by Crippen LogP contribution is 2.32. The van der Waals surface area contributed by atoms with Crippen LogP contribution in [0.5, 0.6) is 0 Å². The van der Waals surface area contributed by atoms with Crippen molar-refractivity contribution in [2.45, 2.75) is 17.6 Å². The molecule has 0 fully saturated rings. The fraction of sp³-hybridized carbons (Fsp3) is 0.174. The lowest BCUT2D eigenvalue weighted by molar-refractivity contribution is -0.137. The van der Waals surface area contributed by atoms with Crippen molar-refractivity contribution in [2.75, 3.05) is 13.6 Å². The lowest BCUT2D eigenvalue weighted by Gasteiger charge is -2.17. The summed E-state index contributed by atoms with van der Waals surface area (Å²) >= 11 is 0.